The van der Waals surface area contributed by atoms with E-state index in [-0.39, 0.29) is 12.5 Å². The van der Waals surface area contributed by atoms with Crippen LogP contribution in [0.2, 0.25) is 0 Å². The predicted molar refractivity (Wildman–Crippen MR) is 57.9 cm³/mol. The minimum absolute atomic E-state index is 0.211. The van der Waals surface area contributed by atoms with E-state index in [1.807, 2.05) is 23.1 Å². The third-order valence-corrected chi connectivity index (χ3v) is 2.72. The van der Waals surface area contributed by atoms with Crippen molar-refractivity contribution in [3.8, 4) is 11.8 Å². The molecule has 4 nitrogen and oxygen atoms in total. The Kier molecular flexibility index (Phi) is 1.74. The number of carbonyl (C=O) groups excluding carboxylic acids is 1. The van der Waals surface area contributed by atoms with E-state index in [1.165, 1.54) is 0 Å². The first kappa shape index (κ1) is 8.98. The normalized spacial score (nSPS) is 17.1. The molecule has 1 aromatic rings. The average Bonchev–Trinajstić information content (AvgIpc) is 2.28. The minimum Gasteiger partial charge on any atom is -0.423 e. The van der Waals surface area contributed by atoms with E-state index in [0.717, 1.165) is 11.3 Å². The van der Waals surface area contributed by atoms with E-state index in [9.17, 15) is 4.79 Å². The van der Waals surface area contributed by atoms with Crippen molar-refractivity contribution >= 4 is 17.7 Å². The highest BCUT2D eigenvalue weighted by molar-refractivity contribution is 5.90. The van der Waals surface area contributed by atoms with Gasteiger partial charge in [0.05, 0.1) is 18.3 Å². The number of esters is 1. The number of ether oxygens (including phenoxy) is 1. The summed E-state index contributed by atoms with van der Waals surface area (Å²) < 4.78 is 5.15. The molecule has 0 fully saturated rings. The van der Waals surface area contributed by atoms with Crippen molar-refractivity contribution in [2.45, 2.75) is 0 Å². The maximum absolute atomic E-state index is 11.4. The number of para-hydroxylation sites is 1. The van der Waals surface area contributed by atoms with Crippen molar-refractivity contribution in [3.05, 3.63) is 29.3 Å². The van der Waals surface area contributed by atoms with Gasteiger partial charge in [-0.15, -0.1) is 0 Å². The lowest BCUT2D eigenvalue weighted by Gasteiger charge is -2.33. The van der Waals surface area contributed by atoms with Crippen LogP contribution in [0, 0.1) is 11.3 Å². The van der Waals surface area contributed by atoms with E-state index in [4.69, 9.17) is 10.00 Å². The molecule has 4 heteroatoms. The number of anilines is 1. The molecule has 0 spiro atoms. The summed E-state index contributed by atoms with van der Waals surface area (Å²) in [5.41, 5.74) is 2.52. The summed E-state index contributed by atoms with van der Waals surface area (Å²) >= 11 is 0. The Bertz CT molecular complexity index is 555. The Labute approximate surface area is 92.3 Å². The third kappa shape index (κ3) is 1.18. The number of hydrogen-bond acceptors (Lipinski definition) is 4. The van der Waals surface area contributed by atoms with Crippen LogP contribution in [0.5, 0.6) is 5.75 Å². The largest absolute Gasteiger partial charge is 0.423 e. The van der Waals surface area contributed by atoms with Crippen molar-refractivity contribution in [1.29, 1.82) is 5.26 Å². The molecule has 2 heterocycles. The van der Waals surface area contributed by atoms with E-state index >= 15 is 0 Å². The van der Waals surface area contributed by atoms with Gasteiger partial charge in [-0.1, -0.05) is 12.1 Å². The number of hydrogen-bond donors (Lipinski definition) is 0. The van der Waals surface area contributed by atoms with E-state index in [2.05, 4.69) is 6.07 Å². The summed E-state index contributed by atoms with van der Waals surface area (Å²) in [5, 5.41) is 8.92. The molecule has 0 radical (unpaired) electrons. The van der Waals surface area contributed by atoms with E-state index in [1.54, 1.807) is 6.07 Å². The first-order valence-corrected chi connectivity index (χ1v) is 4.97. The van der Waals surface area contributed by atoms with Crippen LogP contribution in [-0.4, -0.2) is 19.1 Å². The molecule has 0 saturated carbocycles. The quantitative estimate of drug-likeness (QED) is 0.481. The molecular weight excluding hydrogens is 204 g/mol. The first-order chi connectivity index (χ1) is 7.78. The van der Waals surface area contributed by atoms with Crippen LogP contribution < -0.4 is 9.64 Å². The van der Waals surface area contributed by atoms with Gasteiger partial charge in [0.25, 0.3) is 0 Å². The fourth-order valence-electron chi connectivity index (χ4n) is 2.11. The molecule has 0 aliphatic carbocycles. The Hall–Kier alpha value is -2.28. The molecule has 0 unspecified atom stereocenters. The van der Waals surface area contributed by atoms with E-state index in [0.29, 0.717) is 17.9 Å². The van der Waals surface area contributed by atoms with Gasteiger partial charge in [0, 0.05) is 11.1 Å². The Balaban J connectivity index is 2.22. The van der Waals surface area contributed by atoms with E-state index < -0.39 is 0 Å². The second-order valence-electron chi connectivity index (χ2n) is 3.81. The average molecular weight is 212 g/mol. The molecule has 2 aliphatic rings. The SMILES string of the molecule is N#CC1=Cc2cccc3c2N(CC(=O)O3)C1. The summed E-state index contributed by atoms with van der Waals surface area (Å²) in [4.78, 5) is 13.2. The van der Waals surface area contributed by atoms with Gasteiger partial charge in [0.2, 0.25) is 0 Å². The summed E-state index contributed by atoms with van der Waals surface area (Å²) in [6.07, 6.45) is 1.84. The Morgan fingerprint density at radius 2 is 2.25 bits per heavy atom. The topological polar surface area (TPSA) is 53.3 Å². The van der Waals surface area contributed by atoms with Gasteiger partial charge in [-0.2, -0.15) is 5.26 Å². The second kappa shape index (κ2) is 3.11. The smallest absolute Gasteiger partial charge is 0.331 e. The van der Waals surface area contributed by atoms with Crippen LogP contribution >= 0.6 is 0 Å². The van der Waals surface area contributed by atoms with Crippen LogP contribution in [-0.2, 0) is 4.79 Å². The maximum Gasteiger partial charge on any atom is 0.331 e. The van der Waals surface area contributed by atoms with Crippen molar-refractivity contribution in [2.24, 2.45) is 0 Å². The fraction of sp³-hybridized carbons (Fsp3) is 0.167. The minimum atomic E-state index is -0.274. The third-order valence-electron chi connectivity index (χ3n) is 2.72. The van der Waals surface area contributed by atoms with Gasteiger partial charge in [-0.3, -0.25) is 0 Å². The molecule has 1 aromatic carbocycles. The number of nitriles is 1. The van der Waals surface area contributed by atoms with Crippen molar-refractivity contribution in [3.63, 3.8) is 0 Å². The molecule has 0 bridgehead atoms. The first-order valence-electron chi connectivity index (χ1n) is 4.97. The van der Waals surface area contributed by atoms with Crippen LogP contribution in [0.25, 0.3) is 6.08 Å². The highest BCUT2D eigenvalue weighted by Crippen LogP contribution is 2.39. The zero-order valence-electron chi connectivity index (χ0n) is 8.43. The molecule has 0 amide bonds. The lowest BCUT2D eigenvalue weighted by Crippen LogP contribution is -2.39. The van der Waals surface area contributed by atoms with Crippen LogP contribution in [0.3, 0.4) is 0 Å². The number of rotatable bonds is 0. The number of benzene rings is 1. The van der Waals surface area contributed by atoms with Crippen molar-refractivity contribution in [2.75, 3.05) is 18.0 Å². The predicted octanol–water partition coefficient (Wildman–Crippen LogP) is 1.33. The molecule has 0 atom stereocenters. The van der Waals surface area contributed by atoms with Gasteiger partial charge < -0.3 is 9.64 Å². The van der Waals surface area contributed by atoms with Crippen LogP contribution in [0.15, 0.2) is 23.8 Å². The summed E-state index contributed by atoms with van der Waals surface area (Å²) in [6, 6.07) is 7.65. The fourth-order valence-corrected chi connectivity index (χ4v) is 2.11. The van der Waals surface area contributed by atoms with Gasteiger partial charge in [0.15, 0.2) is 5.75 Å². The lowest BCUT2D eigenvalue weighted by atomic mass is 10.0. The Morgan fingerprint density at radius 1 is 1.38 bits per heavy atom. The highest BCUT2D eigenvalue weighted by atomic mass is 16.5. The van der Waals surface area contributed by atoms with Gasteiger partial charge >= 0.3 is 5.97 Å². The lowest BCUT2D eigenvalue weighted by molar-refractivity contribution is -0.133. The zero-order chi connectivity index (χ0) is 11.1. The molecule has 3 rings (SSSR count). The second-order valence-corrected chi connectivity index (χ2v) is 3.81. The van der Waals surface area contributed by atoms with Crippen LogP contribution in [0.1, 0.15) is 5.56 Å². The van der Waals surface area contributed by atoms with Crippen molar-refractivity contribution < 1.29 is 9.53 Å². The molecular formula is C12H8N2O2. The summed E-state index contributed by atoms with van der Waals surface area (Å²) in [7, 11) is 0. The molecule has 16 heavy (non-hydrogen) atoms. The monoisotopic (exact) mass is 212 g/mol. The summed E-state index contributed by atoms with van der Waals surface area (Å²) in [6.45, 7) is 0.693. The number of carbonyl (C=O) groups is 1. The molecule has 0 N–H and O–H groups in total. The van der Waals surface area contributed by atoms with Gasteiger partial charge in [-0.05, 0) is 12.1 Å². The highest BCUT2D eigenvalue weighted by Gasteiger charge is 2.29. The van der Waals surface area contributed by atoms with Gasteiger partial charge in [-0.25, -0.2) is 4.79 Å². The maximum atomic E-state index is 11.4. The standard InChI is InChI=1S/C12H8N2O2/c13-5-8-4-9-2-1-3-10-12(9)14(6-8)7-11(15)16-10/h1-4H,6-7H2. The molecule has 0 aromatic heterocycles. The zero-order valence-corrected chi connectivity index (χ0v) is 8.43. The molecule has 0 saturated heterocycles. The van der Waals surface area contributed by atoms with Gasteiger partial charge in [0.1, 0.15) is 6.54 Å². The summed E-state index contributed by atoms with van der Waals surface area (Å²) in [5.74, 6) is 0.311. The molecule has 78 valence electrons. The van der Waals surface area contributed by atoms with Crippen LogP contribution in [0.4, 0.5) is 5.69 Å². The number of nitrogens with zero attached hydrogens (tertiary/aromatic N) is 2. The molecule has 2 aliphatic heterocycles. The van der Waals surface area contributed by atoms with Crippen molar-refractivity contribution in [1.82, 2.24) is 0 Å². The Morgan fingerprint density at radius 3 is 3.06 bits per heavy atom.